The quantitative estimate of drug-likeness (QED) is 0.570. The molecule has 1 unspecified atom stereocenters. The van der Waals surface area contributed by atoms with E-state index in [9.17, 15) is 0 Å². The van der Waals surface area contributed by atoms with Gasteiger partial charge in [-0.1, -0.05) is 46.0 Å². The summed E-state index contributed by atoms with van der Waals surface area (Å²) >= 11 is 0. The van der Waals surface area contributed by atoms with Gasteiger partial charge in [-0.05, 0) is 18.8 Å². The van der Waals surface area contributed by atoms with E-state index in [2.05, 4.69) is 29.6 Å². The third kappa shape index (κ3) is 5.34. The first kappa shape index (κ1) is 13.3. The average Bonchev–Trinajstić information content (AvgIpc) is 2.77. The second-order valence-corrected chi connectivity index (χ2v) is 4.76. The molecule has 1 aromatic rings. The van der Waals surface area contributed by atoms with Crippen molar-refractivity contribution in [1.82, 2.24) is 9.55 Å². The Kier molecular flexibility index (Phi) is 6.95. The zero-order chi connectivity index (χ0) is 11.6. The highest BCUT2D eigenvalue weighted by atomic mass is 15.0. The third-order valence-corrected chi connectivity index (χ3v) is 3.19. The number of rotatable bonds is 9. The van der Waals surface area contributed by atoms with Crippen molar-refractivity contribution in [3.63, 3.8) is 0 Å². The van der Waals surface area contributed by atoms with Crippen LogP contribution in [-0.4, -0.2) is 9.55 Å². The first-order valence-electron chi connectivity index (χ1n) is 6.82. The van der Waals surface area contributed by atoms with Crippen LogP contribution in [0.1, 0.15) is 58.8 Å². The number of hydrogen-bond acceptors (Lipinski definition) is 1. The van der Waals surface area contributed by atoms with Gasteiger partial charge in [-0.2, -0.15) is 0 Å². The minimum Gasteiger partial charge on any atom is -0.337 e. The second kappa shape index (κ2) is 8.37. The molecule has 2 heteroatoms. The summed E-state index contributed by atoms with van der Waals surface area (Å²) in [7, 11) is 0. The Balaban J connectivity index is 2.24. The number of hydrogen-bond donors (Lipinski definition) is 0. The molecule has 92 valence electrons. The average molecular weight is 222 g/mol. The Morgan fingerprint density at radius 3 is 2.56 bits per heavy atom. The van der Waals surface area contributed by atoms with Gasteiger partial charge in [-0.25, -0.2) is 4.98 Å². The molecule has 16 heavy (non-hydrogen) atoms. The van der Waals surface area contributed by atoms with Gasteiger partial charge in [0.2, 0.25) is 0 Å². The van der Waals surface area contributed by atoms with Gasteiger partial charge < -0.3 is 4.57 Å². The van der Waals surface area contributed by atoms with Crippen molar-refractivity contribution in [2.45, 2.75) is 65.3 Å². The van der Waals surface area contributed by atoms with Gasteiger partial charge in [-0.3, -0.25) is 0 Å². The van der Waals surface area contributed by atoms with Gasteiger partial charge in [-0.15, -0.1) is 0 Å². The fraction of sp³-hybridized carbons (Fsp3) is 0.786. The Hall–Kier alpha value is -0.790. The van der Waals surface area contributed by atoms with Crippen LogP contribution in [-0.2, 0) is 6.54 Å². The van der Waals surface area contributed by atoms with E-state index in [0.717, 1.165) is 12.5 Å². The molecule has 0 aliphatic carbocycles. The fourth-order valence-corrected chi connectivity index (χ4v) is 2.29. The number of imidazole rings is 1. The van der Waals surface area contributed by atoms with E-state index in [0.29, 0.717) is 0 Å². The number of aromatic nitrogens is 2. The lowest BCUT2D eigenvalue weighted by molar-refractivity contribution is 0.369. The molecule has 0 radical (unpaired) electrons. The number of unbranched alkanes of at least 4 members (excludes halogenated alkanes) is 3. The van der Waals surface area contributed by atoms with Crippen molar-refractivity contribution in [1.29, 1.82) is 0 Å². The molecule has 1 rings (SSSR count). The molecular weight excluding hydrogens is 196 g/mol. The normalized spacial score (nSPS) is 12.9. The molecule has 0 aliphatic heterocycles. The summed E-state index contributed by atoms with van der Waals surface area (Å²) in [6, 6.07) is 0. The molecule has 1 heterocycles. The van der Waals surface area contributed by atoms with Crippen LogP contribution in [0.15, 0.2) is 18.7 Å². The molecular formula is C14H26N2. The van der Waals surface area contributed by atoms with Crippen LogP contribution < -0.4 is 0 Å². The molecule has 0 saturated heterocycles. The molecule has 0 saturated carbocycles. The van der Waals surface area contributed by atoms with Crippen LogP contribution in [0.2, 0.25) is 0 Å². The summed E-state index contributed by atoms with van der Waals surface area (Å²) < 4.78 is 2.22. The highest BCUT2D eigenvalue weighted by molar-refractivity contribution is 4.75. The minimum absolute atomic E-state index is 0.844. The predicted molar refractivity (Wildman–Crippen MR) is 69.4 cm³/mol. The smallest absolute Gasteiger partial charge is 0.0945 e. The van der Waals surface area contributed by atoms with Crippen LogP contribution in [0.25, 0.3) is 0 Å². The lowest BCUT2D eigenvalue weighted by Gasteiger charge is -2.16. The van der Waals surface area contributed by atoms with E-state index in [1.165, 1.54) is 44.9 Å². The van der Waals surface area contributed by atoms with Gasteiger partial charge in [0.25, 0.3) is 0 Å². The maximum atomic E-state index is 4.11. The van der Waals surface area contributed by atoms with Crippen molar-refractivity contribution < 1.29 is 0 Å². The predicted octanol–water partition coefficient (Wildman–Crippen LogP) is 4.27. The SMILES string of the molecule is CCCCCCC(CCC)Cn1ccnc1. The molecule has 1 atom stereocenters. The van der Waals surface area contributed by atoms with Crippen LogP contribution in [0.3, 0.4) is 0 Å². The molecule has 0 N–H and O–H groups in total. The Labute approximate surface area is 100 Å². The molecule has 0 bridgehead atoms. The Bertz CT molecular complexity index is 241. The first-order valence-corrected chi connectivity index (χ1v) is 6.82. The van der Waals surface area contributed by atoms with Crippen molar-refractivity contribution in [3.8, 4) is 0 Å². The van der Waals surface area contributed by atoms with Crippen molar-refractivity contribution >= 4 is 0 Å². The summed E-state index contributed by atoms with van der Waals surface area (Å²) in [6.45, 7) is 5.71. The zero-order valence-corrected chi connectivity index (χ0v) is 10.9. The van der Waals surface area contributed by atoms with E-state index in [4.69, 9.17) is 0 Å². The van der Waals surface area contributed by atoms with E-state index < -0.39 is 0 Å². The highest BCUT2D eigenvalue weighted by Crippen LogP contribution is 2.18. The summed E-state index contributed by atoms with van der Waals surface area (Å²) in [5.41, 5.74) is 0. The second-order valence-electron chi connectivity index (χ2n) is 4.76. The van der Waals surface area contributed by atoms with Gasteiger partial charge in [0.15, 0.2) is 0 Å². The molecule has 0 amide bonds. The minimum atomic E-state index is 0.844. The van der Waals surface area contributed by atoms with Crippen LogP contribution in [0.5, 0.6) is 0 Å². The molecule has 1 aromatic heterocycles. The molecule has 0 aliphatic rings. The lowest BCUT2D eigenvalue weighted by atomic mass is 9.96. The largest absolute Gasteiger partial charge is 0.337 e. The fourth-order valence-electron chi connectivity index (χ4n) is 2.29. The first-order chi connectivity index (χ1) is 7.86. The third-order valence-electron chi connectivity index (χ3n) is 3.19. The van der Waals surface area contributed by atoms with Crippen LogP contribution >= 0.6 is 0 Å². The molecule has 0 spiro atoms. The Morgan fingerprint density at radius 2 is 1.94 bits per heavy atom. The highest BCUT2D eigenvalue weighted by Gasteiger charge is 2.07. The maximum absolute atomic E-state index is 4.11. The Morgan fingerprint density at radius 1 is 1.06 bits per heavy atom. The molecule has 0 aromatic carbocycles. The number of nitrogens with zero attached hydrogens (tertiary/aromatic N) is 2. The van der Waals surface area contributed by atoms with Gasteiger partial charge in [0, 0.05) is 18.9 Å². The van der Waals surface area contributed by atoms with Crippen molar-refractivity contribution in [2.75, 3.05) is 0 Å². The standard InChI is InChI=1S/C14H26N2/c1-3-5-6-7-9-14(8-4-2)12-16-11-10-15-13-16/h10-11,13-14H,3-9,12H2,1-2H3. The van der Waals surface area contributed by atoms with Gasteiger partial charge in [0.1, 0.15) is 0 Å². The van der Waals surface area contributed by atoms with E-state index in [-0.39, 0.29) is 0 Å². The van der Waals surface area contributed by atoms with E-state index >= 15 is 0 Å². The van der Waals surface area contributed by atoms with Gasteiger partial charge in [0.05, 0.1) is 6.33 Å². The topological polar surface area (TPSA) is 17.8 Å². The lowest BCUT2D eigenvalue weighted by Crippen LogP contribution is -2.09. The summed E-state index contributed by atoms with van der Waals surface area (Å²) in [5.74, 6) is 0.844. The zero-order valence-electron chi connectivity index (χ0n) is 10.9. The van der Waals surface area contributed by atoms with Crippen molar-refractivity contribution in [3.05, 3.63) is 18.7 Å². The van der Waals surface area contributed by atoms with Gasteiger partial charge >= 0.3 is 0 Å². The van der Waals surface area contributed by atoms with Crippen LogP contribution in [0, 0.1) is 5.92 Å². The van der Waals surface area contributed by atoms with E-state index in [1.54, 1.807) is 0 Å². The van der Waals surface area contributed by atoms with Crippen LogP contribution in [0.4, 0.5) is 0 Å². The van der Waals surface area contributed by atoms with Crippen molar-refractivity contribution in [2.24, 2.45) is 5.92 Å². The maximum Gasteiger partial charge on any atom is 0.0945 e. The summed E-state index contributed by atoms with van der Waals surface area (Å²) in [6.07, 6.45) is 15.4. The molecule has 0 fully saturated rings. The molecule has 2 nitrogen and oxygen atoms in total. The summed E-state index contributed by atoms with van der Waals surface area (Å²) in [5, 5.41) is 0. The van der Waals surface area contributed by atoms with E-state index in [1.807, 2.05) is 12.5 Å². The monoisotopic (exact) mass is 222 g/mol. The summed E-state index contributed by atoms with van der Waals surface area (Å²) in [4.78, 5) is 4.11.